The fourth-order valence-electron chi connectivity index (χ4n) is 9.89. The van der Waals surface area contributed by atoms with Crippen molar-refractivity contribution in [3.05, 3.63) is 234 Å². The average molecular weight is 1390 g/mol. The minimum atomic E-state index is -5.40. The molecule has 22 heteroatoms. The third kappa shape index (κ3) is 18.8. The van der Waals surface area contributed by atoms with Crippen LogP contribution in [0.4, 0.5) is 35.1 Å². The summed E-state index contributed by atoms with van der Waals surface area (Å²) in [5, 5.41) is -1.15. The van der Waals surface area contributed by atoms with Gasteiger partial charge in [0.1, 0.15) is 24.7 Å². The van der Waals surface area contributed by atoms with Crippen LogP contribution in [0.15, 0.2) is 165 Å². The van der Waals surface area contributed by atoms with E-state index in [2.05, 4.69) is 9.97 Å². The van der Waals surface area contributed by atoms with Crippen LogP contribution in [0, 0.1) is 17.5 Å². The molecule has 2 amide bonds. The molecule has 0 spiro atoms. The molecule has 8 aromatic rings. The second-order valence-electron chi connectivity index (χ2n) is 21.1. The number of carbonyl (C=O) groups excluding carboxylic acids is 2. The molecule has 2 aliphatic rings. The zero-order valence-electron chi connectivity index (χ0n) is 80.3. The SMILES string of the molecule is [2H]C([2H])(Sc1nc(=O)c2c(n1CC(=O)N(CCN(C([2H])([2H])C)C([2H])([2H])C)C([2H])(C)c1ccc(-c3ccc(C(F)(F)F)cc3)cc1)CCC2)c1ccc(F)cc1.[2H]c1c([2H])c(C([2H])([2H])Sc2nc(=O)c3c(n2CC(=O)N(CCN(CC)CC)C([2H])([2H])c2c([2H])c([2H])c(-c4c([2H])c([2H])c(C(F)(F)F)c([2H])c4[2H])c([2H])c2[2H])C([2H])([2H])C([2H])(C)C3([2H])[2H])c([2H])c([2H])c1F. The molecule has 2 aliphatic carbocycles. The topological polar surface area (TPSA) is 117 Å². The fraction of sp³-hybridized carbons (Fsp3) is 0.378. The van der Waals surface area contributed by atoms with E-state index in [1.165, 1.54) is 49.6 Å². The number of nitrogens with zero attached hydrogens (tertiary/aromatic N) is 8. The van der Waals surface area contributed by atoms with E-state index in [0.717, 1.165) is 41.0 Å². The van der Waals surface area contributed by atoms with Crippen LogP contribution in [0.2, 0.25) is 0 Å². The summed E-state index contributed by atoms with van der Waals surface area (Å²) in [7, 11) is 0. The van der Waals surface area contributed by atoms with Crippen LogP contribution in [0.3, 0.4) is 0 Å². The molecule has 0 radical (unpaired) electrons. The lowest BCUT2D eigenvalue weighted by atomic mass is 9.99. The van der Waals surface area contributed by atoms with Crippen LogP contribution in [-0.2, 0) is 78.5 Å². The van der Waals surface area contributed by atoms with Crippen molar-refractivity contribution >= 4 is 35.3 Å². The maximum absolute atomic E-state index is 14.9. The molecule has 0 saturated heterocycles. The number of carbonyl (C=O) groups is 2. The van der Waals surface area contributed by atoms with E-state index in [-0.39, 0.29) is 60.8 Å². The number of amides is 2. The number of thioether (sulfide) groups is 2. The average Bonchev–Trinajstić information content (AvgIpc) is 1.51. The highest BCUT2D eigenvalue weighted by Gasteiger charge is 2.33. The second-order valence-corrected chi connectivity index (χ2v) is 22.7. The van der Waals surface area contributed by atoms with Crippen LogP contribution in [0.25, 0.3) is 22.3 Å². The first kappa shape index (κ1) is 43.4. The molecular formula is C74H80F8N8O4S2. The molecule has 96 heavy (non-hydrogen) atoms. The Bertz CT molecular complexity index is 5500. The largest absolute Gasteiger partial charge is 0.416 e. The molecule has 2 atom stereocenters. The quantitative estimate of drug-likeness (QED) is 0.0295. The summed E-state index contributed by atoms with van der Waals surface area (Å²) in [6.45, 7) is -3.02. The number of aromatic nitrogens is 4. The van der Waals surface area contributed by atoms with Gasteiger partial charge in [0.05, 0.1) is 37.7 Å². The summed E-state index contributed by atoms with van der Waals surface area (Å²) in [6, 6.07) is -2.69. The fourth-order valence-corrected chi connectivity index (χ4v) is 11.3. The lowest BCUT2D eigenvalue weighted by molar-refractivity contribution is -0.138. The van der Waals surface area contributed by atoms with Gasteiger partial charge < -0.3 is 28.7 Å². The second kappa shape index (κ2) is 32.9. The Balaban J connectivity index is 0.000000288. The first-order valence-electron chi connectivity index (χ1n) is 43.6. The van der Waals surface area contributed by atoms with Gasteiger partial charge in [-0.05, 0) is 164 Å². The molecule has 2 aromatic heterocycles. The third-order valence-electron chi connectivity index (χ3n) is 15.0. The summed E-state index contributed by atoms with van der Waals surface area (Å²) in [6.07, 6.45) is -15.1. The van der Waals surface area contributed by atoms with Crippen LogP contribution in [0.1, 0.15) is 148 Å². The first-order chi connectivity index (χ1) is 56.7. The zero-order valence-corrected chi connectivity index (χ0v) is 53.9. The van der Waals surface area contributed by atoms with Crippen molar-refractivity contribution in [2.24, 2.45) is 5.89 Å². The number of likely N-dealkylation sites (N-methyl/N-ethyl adjacent to an activating group) is 2. The van der Waals surface area contributed by atoms with Crippen molar-refractivity contribution in [2.75, 3.05) is 52.3 Å². The van der Waals surface area contributed by atoms with E-state index in [9.17, 15) is 58.4 Å². The van der Waals surface area contributed by atoms with Gasteiger partial charge in [0, 0.05) is 84.4 Å². The van der Waals surface area contributed by atoms with Crippen molar-refractivity contribution in [2.45, 2.75) is 133 Å². The molecule has 6 aromatic carbocycles. The number of rotatable bonds is 26. The van der Waals surface area contributed by atoms with Gasteiger partial charge in [-0.1, -0.05) is 155 Å². The molecule has 2 heterocycles. The van der Waals surface area contributed by atoms with Gasteiger partial charge in [-0.2, -0.15) is 36.3 Å². The van der Waals surface area contributed by atoms with Gasteiger partial charge in [-0.15, -0.1) is 0 Å². The molecule has 0 aliphatic heterocycles. The van der Waals surface area contributed by atoms with E-state index in [0.29, 0.717) is 62.9 Å². The Kier molecular flexibility index (Phi) is 14.9. The molecule has 0 N–H and O–H groups in total. The normalized spacial score (nSPS) is 21.0. The van der Waals surface area contributed by atoms with Crippen LogP contribution >= 0.6 is 23.5 Å². The van der Waals surface area contributed by atoms with Crippen LogP contribution in [-0.4, -0.2) is 103 Å². The van der Waals surface area contributed by atoms with E-state index in [4.69, 9.17) is 34.3 Å². The smallest absolute Gasteiger partial charge is 0.336 e. The lowest BCUT2D eigenvalue weighted by Gasteiger charge is -2.33. The maximum Gasteiger partial charge on any atom is 0.416 e. The van der Waals surface area contributed by atoms with Gasteiger partial charge in [-0.3, -0.25) is 19.2 Å². The zero-order chi connectivity index (χ0) is 93.7. The molecule has 508 valence electrons. The van der Waals surface area contributed by atoms with Crippen LogP contribution < -0.4 is 11.1 Å². The predicted octanol–water partition coefficient (Wildman–Crippen LogP) is 15.2. The monoisotopic (exact) mass is 1390 g/mol. The van der Waals surface area contributed by atoms with Crippen molar-refractivity contribution in [3.63, 3.8) is 0 Å². The van der Waals surface area contributed by atoms with Gasteiger partial charge in [0.2, 0.25) is 11.8 Å². The molecule has 0 bridgehead atoms. The van der Waals surface area contributed by atoms with Gasteiger partial charge in [0.25, 0.3) is 11.1 Å². The number of benzene rings is 6. The third-order valence-corrected chi connectivity index (χ3v) is 16.6. The number of halogens is 8. The Hall–Kier alpha value is -7.92. The number of hydrogen-bond acceptors (Lipinski definition) is 10. The molecule has 0 fully saturated rings. The van der Waals surface area contributed by atoms with Crippen LogP contribution in [0.5, 0.6) is 0 Å². The Morgan fingerprint density at radius 2 is 1.12 bits per heavy atom. The standard InChI is InChI=1S/2C37H40F4N4O2S/c1-4-43(5-2)18-19-44(22-26-6-10-28(11-7-26)29-12-14-30(15-13-29)37(39,40)41)34(46)23-45-33-21-25(3)20-32(33)35(47)42-36(45)48-24-27-8-16-31(38)17-9-27;1-4-43(5-2)21-22-44(25(3)27-11-13-28(14-12-27)29-15-17-30(18-16-29)37(39,40)41)34(46)23-45-33-8-6-7-32(33)35(47)42-36(45)48-24-26-9-19-31(38)20-10-26/h6-17,25H,4-5,18-24H2,1-3H3;9-20,25H,4-8,21-24H2,1-3H3/i6D,7D,8D,9D,10D,11D,12D,13D,14D,15D,16D,17D,20D2,21D2,22D2,24D2,25D;4D2,5D2,24D2,25D. The lowest BCUT2D eigenvalue weighted by Crippen LogP contribution is -2.42. The minimum Gasteiger partial charge on any atom is -0.336 e. The maximum atomic E-state index is 14.9. The Labute approximate surface area is 603 Å². The van der Waals surface area contributed by atoms with E-state index in [1.54, 1.807) is 43.0 Å². The molecule has 2 unspecified atom stereocenters. The summed E-state index contributed by atoms with van der Waals surface area (Å²) in [5.41, 5.74) is -14.9. The summed E-state index contributed by atoms with van der Waals surface area (Å²) in [4.78, 5) is 68.3. The van der Waals surface area contributed by atoms with E-state index < -0.39 is 244 Å². The number of alkyl halides is 6. The van der Waals surface area contributed by atoms with Gasteiger partial charge >= 0.3 is 12.4 Å². The Morgan fingerprint density at radius 1 is 0.604 bits per heavy atom. The predicted molar refractivity (Wildman–Crippen MR) is 362 cm³/mol. The van der Waals surface area contributed by atoms with Gasteiger partial charge in [0.15, 0.2) is 10.3 Å². The van der Waals surface area contributed by atoms with Crippen molar-refractivity contribution < 1.29 is 83.1 Å². The molecule has 0 saturated carbocycles. The minimum absolute atomic E-state index is 0.0920. The molecule has 10 rings (SSSR count). The highest BCUT2D eigenvalue weighted by molar-refractivity contribution is 7.98. The first-order valence-corrected chi connectivity index (χ1v) is 31.2. The molecular weight excluding hydrogens is 1280 g/mol. The summed E-state index contributed by atoms with van der Waals surface area (Å²) >= 11 is 0.331. The highest BCUT2D eigenvalue weighted by atomic mass is 32.2. The Morgan fingerprint density at radius 3 is 1.70 bits per heavy atom. The number of hydrogen-bond donors (Lipinski definition) is 0. The number of fused-ring (bicyclic) bond motifs is 2. The molecule has 12 nitrogen and oxygen atoms in total. The van der Waals surface area contributed by atoms with Gasteiger partial charge in [-0.25, -0.2) is 8.78 Å². The van der Waals surface area contributed by atoms with Crippen molar-refractivity contribution in [1.29, 1.82) is 0 Å². The van der Waals surface area contributed by atoms with E-state index in [1.807, 2.05) is 0 Å². The van der Waals surface area contributed by atoms with Crippen molar-refractivity contribution in [3.8, 4) is 22.3 Å². The van der Waals surface area contributed by atoms with Crippen molar-refractivity contribution in [1.82, 2.24) is 38.7 Å². The highest BCUT2D eigenvalue weighted by Crippen LogP contribution is 2.35. The summed E-state index contributed by atoms with van der Waals surface area (Å²) < 4.78 is 352. The summed E-state index contributed by atoms with van der Waals surface area (Å²) in [5.74, 6) is -7.34. The van der Waals surface area contributed by atoms with E-state index >= 15 is 0 Å².